The predicted octanol–water partition coefficient (Wildman–Crippen LogP) is 12.1. The SMILES string of the molecule is CC/C(=C\CC(C)(C)C(O)(CC)CC)c1csc(COc2ccc(CO[Si](C)(C)C(C)(C)C)c(CO[Si](C)(C)C(C)(C)C)c2)c1. The van der Waals surface area contributed by atoms with E-state index in [-0.39, 0.29) is 15.5 Å². The highest BCUT2D eigenvalue weighted by Gasteiger charge is 2.40. The molecule has 0 aliphatic rings. The molecule has 0 radical (unpaired) electrons. The van der Waals surface area contributed by atoms with Crippen molar-refractivity contribution in [2.24, 2.45) is 5.41 Å². The lowest BCUT2D eigenvalue weighted by atomic mass is 9.69. The van der Waals surface area contributed by atoms with E-state index >= 15 is 0 Å². The minimum absolute atomic E-state index is 0.143. The Morgan fingerprint density at radius 1 is 0.778 bits per heavy atom. The van der Waals surface area contributed by atoms with Crippen LogP contribution in [0.3, 0.4) is 0 Å². The van der Waals surface area contributed by atoms with Crippen LogP contribution in [0.1, 0.15) is 123 Å². The third kappa shape index (κ3) is 10.4. The minimum Gasteiger partial charge on any atom is -0.488 e. The van der Waals surface area contributed by atoms with Crippen LogP contribution in [0.4, 0.5) is 0 Å². The highest BCUT2D eigenvalue weighted by molar-refractivity contribution is 7.10. The van der Waals surface area contributed by atoms with Crippen molar-refractivity contribution in [3.63, 3.8) is 0 Å². The van der Waals surface area contributed by atoms with Crippen LogP contribution in [0.25, 0.3) is 5.57 Å². The molecule has 0 saturated heterocycles. The summed E-state index contributed by atoms with van der Waals surface area (Å²) in [5, 5.41) is 13.7. The van der Waals surface area contributed by atoms with Crippen LogP contribution in [0.15, 0.2) is 35.7 Å². The monoisotopic (exact) mass is 674 g/mol. The maximum Gasteiger partial charge on any atom is 0.192 e. The van der Waals surface area contributed by atoms with Crippen LogP contribution in [0, 0.1) is 5.41 Å². The Labute approximate surface area is 283 Å². The van der Waals surface area contributed by atoms with Gasteiger partial charge in [0.2, 0.25) is 0 Å². The Kier molecular flexibility index (Phi) is 13.6. The Bertz CT molecular complexity index is 1260. The molecule has 2 rings (SSSR count). The van der Waals surface area contributed by atoms with Gasteiger partial charge < -0.3 is 18.7 Å². The minimum atomic E-state index is -1.92. The average Bonchev–Trinajstić information content (AvgIpc) is 3.41. The van der Waals surface area contributed by atoms with E-state index in [1.165, 1.54) is 21.6 Å². The molecule has 0 unspecified atom stereocenters. The van der Waals surface area contributed by atoms with Gasteiger partial charge in [0.1, 0.15) is 12.4 Å². The van der Waals surface area contributed by atoms with E-state index in [9.17, 15) is 5.11 Å². The smallest absolute Gasteiger partial charge is 0.192 e. The maximum atomic E-state index is 11.2. The summed E-state index contributed by atoms with van der Waals surface area (Å²) in [5.41, 5.74) is 4.08. The molecule has 0 saturated carbocycles. The summed E-state index contributed by atoms with van der Waals surface area (Å²) in [6.45, 7) is 35.4. The number of thiophene rings is 1. The molecular formula is C38H66O4SSi2. The quantitative estimate of drug-likeness (QED) is 0.180. The van der Waals surface area contributed by atoms with Crippen LogP contribution >= 0.6 is 11.3 Å². The molecule has 256 valence electrons. The predicted molar refractivity (Wildman–Crippen MR) is 201 cm³/mol. The summed E-state index contributed by atoms with van der Waals surface area (Å²) in [5.74, 6) is 0.862. The molecule has 0 aliphatic heterocycles. The summed E-state index contributed by atoms with van der Waals surface area (Å²) in [7, 11) is -3.82. The summed E-state index contributed by atoms with van der Waals surface area (Å²) < 4.78 is 19.7. The third-order valence-corrected chi connectivity index (χ3v) is 20.9. The standard InChI is InChI=1S/C38H66O4SSi2/c1-16-29(21-22-37(10,11)38(39,17-2)18-3)32-24-34(43-28-32)27-40-33-20-19-30(25-41-44(12,13)35(4,5)6)31(23-33)26-42-45(14,15)36(7,8)9/h19-21,23-24,28,39H,16-18,22,25-27H2,1-15H3/b29-21+. The Balaban J connectivity index is 2.24. The van der Waals surface area contributed by atoms with Gasteiger partial charge in [-0.3, -0.25) is 0 Å². The second-order valence-corrected chi connectivity index (χ2v) is 27.1. The zero-order chi connectivity index (χ0) is 34.5. The first-order valence-corrected chi connectivity index (χ1v) is 23.7. The van der Waals surface area contributed by atoms with E-state index in [4.69, 9.17) is 13.6 Å². The van der Waals surface area contributed by atoms with E-state index in [0.29, 0.717) is 19.8 Å². The molecule has 45 heavy (non-hydrogen) atoms. The van der Waals surface area contributed by atoms with Gasteiger partial charge in [0.25, 0.3) is 0 Å². The number of ether oxygens (including phenoxy) is 1. The van der Waals surface area contributed by atoms with Gasteiger partial charge in [0.05, 0.1) is 18.8 Å². The second kappa shape index (κ2) is 15.3. The molecule has 1 aromatic heterocycles. The summed E-state index contributed by atoms with van der Waals surface area (Å²) >= 11 is 1.75. The highest BCUT2D eigenvalue weighted by Crippen LogP contribution is 2.41. The molecule has 4 nitrogen and oxygen atoms in total. The molecule has 0 fully saturated rings. The van der Waals surface area contributed by atoms with Crippen molar-refractivity contribution in [3.8, 4) is 5.75 Å². The Hall–Kier alpha value is -1.23. The number of aliphatic hydroxyl groups is 1. The van der Waals surface area contributed by atoms with E-state index in [0.717, 1.165) is 37.0 Å². The first-order chi connectivity index (χ1) is 20.5. The number of allylic oxidation sites excluding steroid dienone is 2. The van der Waals surface area contributed by atoms with Crippen molar-refractivity contribution in [1.29, 1.82) is 0 Å². The van der Waals surface area contributed by atoms with Crippen LogP contribution in [-0.4, -0.2) is 27.3 Å². The van der Waals surface area contributed by atoms with Gasteiger partial charge in [-0.05, 0) is 113 Å². The fraction of sp³-hybridized carbons (Fsp3) is 0.684. The maximum absolute atomic E-state index is 11.2. The first kappa shape index (κ1) is 40.0. The lowest BCUT2D eigenvalue weighted by Gasteiger charge is -2.41. The summed E-state index contributed by atoms with van der Waals surface area (Å²) in [6.07, 6.45) is 5.67. The molecular weight excluding hydrogens is 609 g/mol. The largest absolute Gasteiger partial charge is 0.488 e. The number of benzene rings is 1. The van der Waals surface area contributed by atoms with Crippen molar-refractivity contribution >= 4 is 33.5 Å². The van der Waals surface area contributed by atoms with Gasteiger partial charge in [0, 0.05) is 4.88 Å². The zero-order valence-corrected chi connectivity index (χ0v) is 34.3. The van der Waals surface area contributed by atoms with E-state index in [1.807, 2.05) is 0 Å². The molecule has 1 N–H and O–H groups in total. The molecule has 0 aliphatic carbocycles. The molecule has 0 atom stereocenters. The van der Waals surface area contributed by atoms with Crippen molar-refractivity contribution < 1.29 is 18.7 Å². The normalized spacial score (nSPS) is 14.3. The fourth-order valence-corrected chi connectivity index (χ4v) is 7.66. The van der Waals surface area contributed by atoms with E-state index < -0.39 is 22.2 Å². The van der Waals surface area contributed by atoms with Gasteiger partial charge in [0.15, 0.2) is 16.6 Å². The van der Waals surface area contributed by atoms with Crippen molar-refractivity contribution in [2.45, 2.75) is 164 Å². The van der Waals surface area contributed by atoms with Crippen molar-refractivity contribution in [2.75, 3.05) is 0 Å². The average molecular weight is 675 g/mol. The van der Waals surface area contributed by atoms with Crippen LogP contribution in [0.5, 0.6) is 5.75 Å². The van der Waals surface area contributed by atoms with Crippen LogP contribution in [0.2, 0.25) is 36.3 Å². The lowest BCUT2D eigenvalue weighted by Crippen LogP contribution is -2.43. The van der Waals surface area contributed by atoms with Crippen molar-refractivity contribution in [1.82, 2.24) is 0 Å². The lowest BCUT2D eigenvalue weighted by molar-refractivity contribution is -0.0716. The molecule has 1 heterocycles. The van der Waals surface area contributed by atoms with Crippen molar-refractivity contribution in [3.05, 3.63) is 57.3 Å². The zero-order valence-electron chi connectivity index (χ0n) is 31.5. The first-order valence-electron chi connectivity index (χ1n) is 17.0. The fourth-order valence-electron chi connectivity index (χ4n) is 4.94. The topological polar surface area (TPSA) is 47.9 Å². The Morgan fingerprint density at radius 2 is 1.31 bits per heavy atom. The van der Waals surface area contributed by atoms with Gasteiger partial charge in [-0.15, -0.1) is 11.3 Å². The second-order valence-electron chi connectivity index (χ2n) is 16.5. The molecule has 0 spiro atoms. The van der Waals surface area contributed by atoms with E-state index in [2.05, 4.69) is 138 Å². The number of hydrogen-bond donors (Lipinski definition) is 1. The summed E-state index contributed by atoms with van der Waals surface area (Å²) in [4.78, 5) is 1.20. The third-order valence-electron chi connectivity index (χ3n) is 11.0. The van der Waals surface area contributed by atoms with Gasteiger partial charge >= 0.3 is 0 Å². The molecule has 7 heteroatoms. The van der Waals surface area contributed by atoms with Crippen LogP contribution in [-0.2, 0) is 28.7 Å². The van der Waals surface area contributed by atoms with Gasteiger partial charge in [-0.1, -0.05) is 88.3 Å². The van der Waals surface area contributed by atoms with E-state index in [1.54, 1.807) is 11.3 Å². The summed E-state index contributed by atoms with van der Waals surface area (Å²) in [6, 6.07) is 8.67. The van der Waals surface area contributed by atoms with Gasteiger partial charge in [-0.2, -0.15) is 0 Å². The number of hydrogen-bond acceptors (Lipinski definition) is 5. The molecule has 0 amide bonds. The molecule has 0 bridgehead atoms. The Morgan fingerprint density at radius 3 is 1.80 bits per heavy atom. The van der Waals surface area contributed by atoms with Crippen LogP contribution < -0.4 is 4.74 Å². The number of rotatable bonds is 16. The molecule has 1 aromatic carbocycles. The molecule has 2 aromatic rings. The highest BCUT2D eigenvalue weighted by atomic mass is 32.1. The van der Waals surface area contributed by atoms with Gasteiger partial charge in [-0.25, -0.2) is 0 Å².